The van der Waals surface area contributed by atoms with E-state index in [4.69, 9.17) is 4.52 Å². The second-order valence-electron chi connectivity index (χ2n) is 7.46. The number of amides is 1. The third-order valence-corrected chi connectivity index (χ3v) is 5.40. The average Bonchev–Trinajstić information content (AvgIpc) is 3.23. The van der Waals surface area contributed by atoms with E-state index >= 15 is 0 Å². The maximum Gasteiger partial charge on any atom is 0.299 e. The van der Waals surface area contributed by atoms with Crippen molar-refractivity contribution in [2.24, 2.45) is 0 Å². The first-order chi connectivity index (χ1) is 15.1. The molecule has 7 heteroatoms. The van der Waals surface area contributed by atoms with E-state index in [1.54, 1.807) is 0 Å². The summed E-state index contributed by atoms with van der Waals surface area (Å²) >= 11 is 0. The van der Waals surface area contributed by atoms with Crippen molar-refractivity contribution in [2.75, 3.05) is 0 Å². The normalized spacial score (nSPS) is 11.0. The topological polar surface area (TPSA) is 90.0 Å². The Balaban J connectivity index is 1.45. The largest absolute Gasteiger partial charge is 0.352 e. The number of hydrogen-bond donors (Lipinski definition) is 1. The predicted molar refractivity (Wildman–Crippen MR) is 119 cm³/mol. The molecule has 1 N–H and O–H groups in total. The van der Waals surface area contributed by atoms with Crippen LogP contribution in [0.15, 0.2) is 64.2 Å². The van der Waals surface area contributed by atoms with Crippen molar-refractivity contribution in [1.82, 2.24) is 20.0 Å². The first-order valence-corrected chi connectivity index (χ1v) is 10.3. The first kappa shape index (κ1) is 20.5. The molecular weight excluding hydrogens is 392 g/mol. The zero-order chi connectivity index (χ0) is 21.8. The Kier molecular flexibility index (Phi) is 5.93. The Bertz CT molecular complexity index is 1270. The van der Waals surface area contributed by atoms with Gasteiger partial charge in [0, 0.05) is 25.1 Å². The molecular formula is C24H24N4O3. The highest BCUT2D eigenvalue weighted by atomic mass is 16.5. The van der Waals surface area contributed by atoms with E-state index in [1.165, 1.54) is 16.5 Å². The van der Waals surface area contributed by atoms with Crippen LogP contribution in [-0.4, -0.2) is 20.6 Å². The van der Waals surface area contributed by atoms with Crippen molar-refractivity contribution in [3.05, 3.63) is 81.9 Å². The minimum absolute atomic E-state index is 0.0948. The van der Waals surface area contributed by atoms with Gasteiger partial charge in [0.05, 0.1) is 6.33 Å². The van der Waals surface area contributed by atoms with E-state index in [-0.39, 0.29) is 30.0 Å². The summed E-state index contributed by atoms with van der Waals surface area (Å²) in [5.41, 5.74) is 4.96. The van der Waals surface area contributed by atoms with Crippen molar-refractivity contribution in [3.8, 4) is 11.3 Å². The van der Waals surface area contributed by atoms with Crippen LogP contribution in [0.3, 0.4) is 0 Å². The van der Waals surface area contributed by atoms with Crippen LogP contribution in [0.4, 0.5) is 0 Å². The average molecular weight is 416 g/mol. The summed E-state index contributed by atoms with van der Waals surface area (Å²) in [5.74, 6) is -0.135. The standard InChI is InChI=1S/C24H24N4O3/c1-3-17-8-10-18(11-9-17)21-22-23(31-27-21)24(30)28(15-26-22)13-12-20(29)25-14-19-7-5-4-6-16(19)2/h4-11,15H,3,12-14H2,1-2H3,(H,25,29). The zero-order valence-corrected chi connectivity index (χ0v) is 17.6. The lowest BCUT2D eigenvalue weighted by molar-refractivity contribution is -0.121. The van der Waals surface area contributed by atoms with Gasteiger partial charge >= 0.3 is 0 Å². The van der Waals surface area contributed by atoms with Gasteiger partial charge < -0.3 is 9.84 Å². The molecule has 2 aromatic carbocycles. The predicted octanol–water partition coefficient (Wildman–Crippen LogP) is 3.63. The highest BCUT2D eigenvalue weighted by Crippen LogP contribution is 2.24. The second kappa shape index (κ2) is 8.95. The number of hydrogen-bond acceptors (Lipinski definition) is 5. The molecule has 0 unspecified atom stereocenters. The fourth-order valence-corrected chi connectivity index (χ4v) is 3.42. The van der Waals surface area contributed by atoms with Gasteiger partial charge in [-0.2, -0.15) is 0 Å². The number of fused-ring (bicyclic) bond motifs is 1. The molecule has 0 spiro atoms. The van der Waals surface area contributed by atoms with E-state index in [0.29, 0.717) is 17.8 Å². The van der Waals surface area contributed by atoms with Gasteiger partial charge in [-0.15, -0.1) is 0 Å². The molecule has 0 fully saturated rings. The van der Waals surface area contributed by atoms with Crippen LogP contribution in [0, 0.1) is 6.92 Å². The van der Waals surface area contributed by atoms with Gasteiger partial charge in [-0.05, 0) is 30.0 Å². The van der Waals surface area contributed by atoms with E-state index < -0.39 is 0 Å². The summed E-state index contributed by atoms with van der Waals surface area (Å²) in [6.45, 7) is 4.77. The van der Waals surface area contributed by atoms with Crippen molar-refractivity contribution < 1.29 is 9.32 Å². The van der Waals surface area contributed by atoms with E-state index in [0.717, 1.165) is 23.1 Å². The fourth-order valence-electron chi connectivity index (χ4n) is 3.42. The lowest BCUT2D eigenvalue weighted by Gasteiger charge is -2.08. The zero-order valence-electron chi connectivity index (χ0n) is 17.6. The quantitative estimate of drug-likeness (QED) is 0.497. The molecule has 158 valence electrons. The Labute approximate surface area is 179 Å². The number of nitrogens with zero attached hydrogens (tertiary/aromatic N) is 3. The Morgan fingerprint density at radius 1 is 1.13 bits per heavy atom. The molecule has 0 saturated heterocycles. The van der Waals surface area contributed by atoms with Crippen LogP contribution < -0.4 is 10.9 Å². The summed E-state index contributed by atoms with van der Waals surface area (Å²) in [6.07, 6.45) is 2.56. The molecule has 2 heterocycles. The monoisotopic (exact) mass is 416 g/mol. The van der Waals surface area contributed by atoms with Gasteiger partial charge in [0.1, 0.15) is 11.2 Å². The van der Waals surface area contributed by atoms with Crippen molar-refractivity contribution in [2.45, 2.75) is 39.8 Å². The SMILES string of the molecule is CCc1ccc(-c2noc3c(=O)n(CCC(=O)NCc4ccccc4C)cnc23)cc1. The third-order valence-electron chi connectivity index (χ3n) is 5.40. The van der Waals surface area contributed by atoms with E-state index in [9.17, 15) is 9.59 Å². The number of carbonyl (C=O) groups is 1. The number of nitrogens with one attached hydrogen (secondary N) is 1. The molecule has 31 heavy (non-hydrogen) atoms. The number of rotatable bonds is 7. The van der Waals surface area contributed by atoms with Gasteiger partial charge in [-0.1, -0.05) is 60.6 Å². The van der Waals surface area contributed by atoms with Gasteiger partial charge in [0.2, 0.25) is 5.91 Å². The summed E-state index contributed by atoms with van der Waals surface area (Å²) in [6, 6.07) is 15.8. The lowest BCUT2D eigenvalue weighted by Crippen LogP contribution is -2.27. The Morgan fingerprint density at radius 2 is 1.90 bits per heavy atom. The molecule has 1 amide bonds. The van der Waals surface area contributed by atoms with Crippen molar-refractivity contribution >= 4 is 17.0 Å². The second-order valence-corrected chi connectivity index (χ2v) is 7.46. The molecule has 0 bridgehead atoms. The highest BCUT2D eigenvalue weighted by molar-refractivity contribution is 5.87. The fraction of sp³-hybridized carbons (Fsp3) is 0.250. The van der Waals surface area contributed by atoms with Crippen LogP contribution in [0.5, 0.6) is 0 Å². The lowest BCUT2D eigenvalue weighted by atomic mass is 10.1. The van der Waals surface area contributed by atoms with Gasteiger partial charge in [0.15, 0.2) is 0 Å². The van der Waals surface area contributed by atoms with Crippen molar-refractivity contribution in [3.63, 3.8) is 0 Å². The molecule has 4 rings (SSSR count). The number of benzene rings is 2. The smallest absolute Gasteiger partial charge is 0.299 e. The summed E-state index contributed by atoms with van der Waals surface area (Å²) < 4.78 is 6.69. The van der Waals surface area contributed by atoms with Crippen molar-refractivity contribution in [1.29, 1.82) is 0 Å². The maximum atomic E-state index is 12.8. The minimum atomic E-state index is -0.347. The number of aryl methyl sites for hydroxylation is 3. The molecule has 0 atom stereocenters. The van der Waals surface area contributed by atoms with Gasteiger partial charge in [-0.25, -0.2) is 4.98 Å². The minimum Gasteiger partial charge on any atom is -0.352 e. The third kappa shape index (κ3) is 4.40. The number of carbonyl (C=O) groups excluding carboxylic acids is 1. The first-order valence-electron chi connectivity index (χ1n) is 10.3. The van der Waals surface area contributed by atoms with E-state index in [2.05, 4.69) is 22.4 Å². The molecule has 0 radical (unpaired) electrons. The summed E-state index contributed by atoms with van der Waals surface area (Å²) in [7, 11) is 0. The molecule has 2 aromatic heterocycles. The van der Waals surface area contributed by atoms with E-state index in [1.807, 2.05) is 55.5 Å². The Hall–Kier alpha value is -3.74. The summed E-state index contributed by atoms with van der Waals surface area (Å²) in [5, 5.41) is 6.95. The van der Waals surface area contributed by atoms with Gasteiger partial charge in [0.25, 0.3) is 11.1 Å². The Morgan fingerprint density at radius 3 is 2.65 bits per heavy atom. The molecule has 0 aliphatic rings. The number of aromatic nitrogens is 3. The molecule has 4 aromatic rings. The van der Waals surface area contributed by atoms with Crippen LogP contribution in [0.1, 0.15) is 30.0 Å². The van der Waals surface area contributed by atoms with Gasteiger partial charge in [-0.3, -0.25) is 14.2 Å². The van der Waals surface area contributed by atoms with Crippen LogP contribution in [0.25, 0.3) is 22.4 Å². The molecule has 0 aliphatic carbocycles. The molecule has 0 aliphatic heterocycles. The van der Waals surface area contributed by atoms with Crippen LogP contribution in [0.2, 0.25) is 0 Å². The molecule has 7 nitrogen and oxygen atoms in total. The maximum absolute atomic E-state index is 12.8. The summed E-state index contributed by atoms with van der Waals surface area (Å²) in [4.78, 5) is 29.4. The molecule has 0 saturated carbocycles. The van der Waals surface area contributed by atoms with Crippen LogP contribution in [-0.2, 0) is 24.3 Å². The van der Waals surface area contributed by atoms with Crippen LogP contribution >= 0.6 is 0 Å². The highest BCUT2D eigenvalue weighted by Gasteiger charge is 2.16.